The first kappa shape index (κ1) is 19.3. The maximum atomic E-state index is 13.8. The molecule has 4 nitrogen and oxygen atoms in total. The quantitative estimate of drug-likeness (QED) is 0.548. The lowest BCUT2D eigenvalue weighted by molar-refractivity contribution is -0.143. The Labute approximate surface area is 187 Å². The normalized spacial score (nSPS) is 22.5. The fourth-order valence-corrected chi connectivity index (χ4v) is 6.95. The van der Waals surface area contributed by atoms with Crippen molar-refractivity contribution in [2.45, 2.75) is 64.1 Å². The Balaban J connectivity index is 1.55. The third-order valence-electron chi connectivity index (χ3n) is 7.02. The first-order valence-electron chi connectivity index (χ1n) is 11.5. The van der Waals surface area contributed by atoms with Gasteiger partial charge in [-0.3, -0.25) is 4.79 Å². The monoisotopic (exact) mass is 432 g/mol. The zero-order valence-electron chi connectivity index (χ0n) is 18.0. The molecule has 3 aromatic rings. The first-order chi connectivity index (χ1) is 15.2. The van der Waals surface area contributed by atoms with E-state index in [1.807, 2.05) is 11.3 Å². The summed E-state index contributed by atoms with van der Waals surface area (Å²) in [5.41, 5.74) is 6.43. The van der Waals surface area contributed by atoms with Gasteiger partial charge in [-0.1, -0.05) is 29.8 Å². The van der Waals surface area contributed by atoms with Gasteiger partial charge in [0.2, 0.25) is 0 Å². The molecule has 0 spiro atoms. The Kier molecular flexibility index (Phi) is 4.77. The van der Waals surface area contributed by atoms with Crippen LogP contribution in [0.25, 0.3) is 5.00 Å². The van der Waals surface area contributed by atoms with Gasteiger partial charge in [-0.15, -0.1) is 11.3 Å². The topological polar surface area (TPSA) is 34.5 Å². The van der Waals surface area contributed by atoms with Crippen molar-refractivity contribution >= 4 is 17.2 Å². The van der Waals surface area contributed by atoms with Gasteiger partial charge < -0.3 is 14.2 Å². The largest absolute Gasteiger partial charge is 0.368 e. The van der Waals surface area contributed by atoms with E-state index in [1.165, 1.54) is 57.1 Å². The zero-order valence-corrected chi connectivity index (χ0v) is 18.8. The predicted molar refractivity (Wildman–Crippen MR) is 123 cm³/mol. The van der Waals surface area contributed by atoms with E-state index < -0.39 is 0 Å². The van der Waals surface area contributed by atoms with Crippen molar-refractivity contribution in [3.05, 3.63) is 75.4 Å². The second-order valence-electron chi connectivity index (χ2n) is 9.08. The lowest BCUT2D eigenvalue weighted by atomic mass is 9.94. The summed E-state index contributed by atoms with van der Waals surface area (Å²) in [6, 6.07) is 12.8. The van der Waals surface area contributed by atoms with Crippen LogP contribution in [0, 0.1) is 6.92 Å². The maximum absolute atomic E-state index is 13.8. The minimum Gasteiger partial charge on any atom is -0.368 e. The van der Waals surface area contributed by atoms with Crippen molar-refractivity contribution in [3.8, 4) is 5.00 Å². The third-order valence-corrected chi connectivity index (χ3v) is 8.36. The molecule has 1 fully saturated rings. The molecule has 2 aromatic heterocycles. The number of aromatic nitrogens is 1. The number of rotatable bonds is 2. The zero-order chi connectivity index (χ0) is 20.9. The summed E-state index contributed by atoms with van der Waals surface area (Å²) in [6.07, 6.45) is 8.48. The molecular formula is C26H28N2O2S. The molecule has 6 rings (SSSR count). The fourth-order valence-electron chi connectivity index (χ4n) is 5.55. The fraction of sp³-hybridized carbons (Fsp3) is 0.423. The molecule has 0 bridgehead atoms. The summed E-state index contributed by atoms with van der Waals surface area (Å²) in [6.45, 7) is 3.48. The lowest BCUT2D eigenvalue weighted by Crippen LogP contribution is -2.41. The molecule has 1 saturated heterocycles. The average molecular weight is 433 g/mol. The standard InChI is InChI=1S/C26H28N2O2S/c1-17-7-4-8-18(15-17)24-21-10-5-13-27(21)26-20(19-9-2-3-12-23(19)31-26)16-28(24)25(29)22-11-6-14-30-22/h4-5,7-8,10,13,15,22,24H,2-3,6,9,11-12,14,16H2,1H3/t22-,24+/m1/s1. The van der Waals surface area contributed by atoms with Crippen LogP contribution in [0.1, 0.15) is 64.6 Å². The molecule has 0 N–H and O–H groups in total. The van der Waals surface area contributed by atoms with E-state index in [1.54, 1.807) is 0 Å². The second kappa shape index (κ2) is 7.64. The van der Waals surface area contributed by atoms with Crippen molar-refractivity contribution in [1.29, 1.82) is 0 Å². The second-order valence-corrected chi connectivity index (χ2v) is 10.2. The minimum absolute atomic E-state index is 0.106. The highest BCUT2D eigenvalue weighted by Gasteiger charge is 2.39. The van der Waals surface area contributed by atoms with E-state index in [2.05, 4.69) is 59.0 Å². The van der Waals surface area contributed by atoms with Gasteiger partial charge in [-0.05, 0) is 68.7 Å². The van der Waals surface area contributed by atoms with Crippen LogP contribution in [0.5, 0.6) is 0 Å². The van der Waals surface area contributed by atoms with Crippen LogP contribution in [-0.4, -0.2) is 28.1 Å². The lowest BCUT2D eigenvalue weighted by Gasteiger charge is -2.33. The van der Waals surface area contributed by atoms with Crippen LogP contribution in [-0.2, 0) is 28.9 Å². The van der Waals surface area contributed by atoms with Crippen molar-refractivity contribution in [3.63, 3.8) is 0 Å². The molecule has 1 aromatic carbocycles. The number of ether oxygens (including phenoxy) is 1. The number of amides is 1. The van der Waals surface area contributed by atoms with E-state index in [0.717, 1.165) is 19.3 Å². The molecule has 2 atom stereocenters. The summed E-state index contributed by atoms with van der Waals surface area (Å²) in [4.78, 5) is 17.5. The molecule has 1 aliphatic carbocycles. The number of fused-ring (bicyclic) bond motifs is 5. The molecule has 0 radical (unpaired) electrons. The number of hydrogen-bond donors (Lipinski definition) is 0. The van der Waals surface area contributed by atoms with Crippen LogP contribution in [0.15, 0.2) is 42.6 Å². The first-order valence-corrected chi connectivity index (χ1v) is 12.3. The van der Waals surface area contributed by atoms with Crippen molar-refractivity contribution in [1.82, 2.24) is 9.47 Å². The van der Waals surface area contributed by atoms with Crippen LogP contribution in [0.2, 0.25) is 0 Å². The molecule has 0 saturated carbocycles. The minimum atomic E-state index is -0.313. The number of aryl methyl sites for hydroxylation is 2. The molecule has 1 amide bonds. The van der Waals surface area contributed by atoms with Crippen molar-refractivity contribution in [2.24, 2.45) is 0 Å². The number of carbonyl (C=O) groups excluding carboxylic acids is 1. The molecule has 5 heteroatoms. The van der Waals surface area contributed by atoms with Gasteiger partial charge in [0.25, 0.3) is 5.91 Å². The number of thiophene rings is 1. The van der Waals surface area contributed by atoms with Crippen LogP contribution < -0.4 is 0 Å². The number of hydrogen-bond acceptors (Lipinski definition) is 3. The molecular weight excluding hydrogens is 404 g/mol. The van der Waals surface area contributed by atoms with E-state index >= 15 is 0 Å². The molecule has 2 aliphatic heterocycles. The summed E-state index contributed by atoms with van der Waals surface area (Å²) in [5, 5.41) is 1.31. The molecule has 4 heterocycles. The van der Waals surface area contributed by atoms with E-state index in [4.69, 9.17) is 4.74 Å². The van der Waals surface area contributed by atoms with Gasteiger partial charge in [0.05, 0.1) is 11.7 Å². The Morgan fingerprint density at radius 3 is 2.84 bits per heavy atom. The molecule has 0 unspecified atom stereocenters. The summed E-state index contributed by atoms with van der Waals surface area (Å²) < 4.78 is 8.23. The average Bonchev–Trinajstić information content (AvgIpc) is 3.52. The van der Waals surface area contributed by atoms with E-state index in [-0.39, 0.29) is 18.1 Å². The number of benzene rings is 1. The van der Waals surface area contributed by atoms with E-state index in [0.29, 0.717) is 13.2 Å². The molecule has 3 aliphatic rings. The van der Waals surface area contributed by atoms with Crippen molar-refractivity contribution < 1.29 is 9.53 Å². The molecule has 160 valence electrons. The summed E-state index contributed by atoms with van der Waals surface area (Å²) in [7, 11) is 0. The van der Waals surface area contributed by atoms with Crippen molar-refractivity contribution in [2.75, 3.05) is 6.61 Å². The van der Waals surface area contributed by atoms with Crippen LogP contribution in [0.3, 0.4) is 0 Å². The van der Waals surface area contributed by atoms with Gasteiger partial charge >= 0.3 is 0 Å². The number of nitrogens with zero attached hydrogens (tertiary/aromatic N) is 2. The third kappa shape index (κ3) is 3.17. The smallest absolute Gasteiger partial charge is 0.252 e. The Morgan fingerprint density at radius 1 is 1.10 bits per heavy atom. The highest BCUT2D eigenvalue weighted by molar-refractivity contribution is 7.15. The summed E-state index contributed by atoms with van der Waals surface area (Å²) in [5.74, 6) is 0.139. The maximum Gasteiger partial charge on any atom is 0.252 e. The highest BCUT2D eigenvalue weighted by Crippen LogP contribution is 2.44. The highest BCUT2D eigenvalue weighted by atomic mass is 32.1. The SMILES string of the molecule is Cc1cccc([C@H]2c3cccn3-c3sc4c(c3CN2C(=O)[C@H]2CCCO2)CCCC4)c1. The Bertz CT molecular complexity index is 1140. The number of carbonyl (C=O) groups is 1. The van der Waals surface area contributed by atoms with E-state index in [9.17, 15) is 4.79 Å². The van der Waals surface area contributed by atoms with Crippen LogP contribution >= 0.6 is 11.3 Å². The van der Waals surface area contributed by atoms with Gasteiger partial charge in [0.1, 0.15) is 11.1 Å². The predicted octanol–water partition coefficient (Wildman–Crippen LogP) is 5.34. The summed E-state index contributed by atoms with van der Waals surface area (Å²) >= 11 is 1.94. The van der Waals surface area contributed by atoms with Crippen LogP contribution in [0.4, 0.5) is 0 Å². The van der Waals surface area contributed by atoms with Gasteiger partial charge in [-0.25, -0.2) is 0 Å². The Morgan fingerprint density at radius 2 is 2.00 bits per heavy atom. The van der Waals surface area contributed by atoms with Gasteiger partial charge in [-0.2, -0.15) is 0 Å². The molecule has 31 heavy (non-hydrogen) atoms. The Hall–Kier alpha value is -2.37. The van der Waals surface area contributed by atoms with Gasteiger partial charge in [0, 0.05) is 29.8 Å². The van der Waals surface area contributed by atoms with Gasteiger partial charge in [0.15, 0.2) is 0 Å².